The van der Waals surface area contributed by atoms with Gasteiger partial charge in [0.1, 0.15) is 41.8 Å². The average molecular weight is 657 g/mol. The molecule has 0 aliphatic carbocycles. The maximum atomic E-state index is 14.1. The van der Waals surface area contributed by atoms with E-state index in [9.17, 15) is 14.0 Å². The van der Waals surface area contributed by atoms with Crippen LogP contribution in [0.3, 0.4) is 0 Å². The minimum Gasteiger partial charge on any atom is -0.496 e. The van der Waals surface area contributed by atoms with Crippen molar-refractivity contribution in [3.8, 4) is 28.4 Å². The van der Waals surface area contributed by atoms with E-state index in [0.29, 0.717) is 42.6 Å². The van der Waals surface area contributed by atoms with Crippen LogP contribution in [-0.4, -0.2) is 51.4 Å². The molecule has 0 aromatic heterocycles. The molecule has 0 radical (unpaired) electrons. The van der Waals surface area contributed by atoms with E-state index >= 15 is 0 Å². The van der Waals surface area contributed by atoms with Gasteiger partial charge in [-0.05, 0) is 61.7 Å². The highest BCUT2D eigenvalue weighted by Gasteiger charge is 2.38. The fourth-order valence-electron chi connectivity index (χ4n) is 5.60. The van der Waals surface area contributed by atoms with E-state index < -0.39 is 17.3 Å². The molecule has 0 saturated heterocycles. The standard InChI is InChI=1S/C38H41FN2O7/c1-25-12-13-27(39)20-33(25)48-23-31-29(16-17-32-36(31)41(4)37(43)38(2,3)40-32)30-15-14-28(21-34(30)44-5)46-18-9-19-47-35(42)24-45-22-26-10-7-6-8-11-26/h6-8,10-17,20-21,40H,9,18-19,22-24H2,1-5H3. The van der Waals surface area contributed by atoms with Gasteiger partial charge in [-0.2, -0.15) is 0 Å². The van der Waals surface area contributed by atoms with E-state index in [2.05, 4.69) is 5.32 Å². The molecule has 10 heteroatoms. The van der Waals surface area contributed by atoms with Gasteiger partial charge in [-0.3, -0.25) is 4.79 Å². The quantitative estimate of drug-likeness (QED) is 0.114. The molecule has 0 unspecified atom stereocenters. The van der Waals surface area contributed by atoms with E-state index in [1.165, 1.54) is 12.1 Å². The fourth-order valence-corrected chi connectivity index (χ4v) is 5.60. The first-order chi connectivity index (χ1) is 23.1. The first-order valence-electron chi connectivity index (χ1n) is 15.8. The first kappa shape index (κ1) is 34.3. The number of ether oxygens (including phenoxy) is 5. The SMILES string of the molecule is COc1cc(OCCCOC(=O)COCc2ccccc2)ccc1-c1ccc2c(c1COc1cc(F)ccc1C)N(C)C(=O)C(C)(C)N2. The number of halogens is 1. The third-order valence-electron chi connectivity index (χ3n) is 8.04. The smallest absolute Gasteiger partial charge is 0.332 e. The van der Waals surface area contributed by atoms with Crippen LogP contribution in [0.5, 0.6) is 17.2 Å². The number of methoxy groups -OCH3 is 1. The van der Waals surface area contributed by atoms with Crippen LogP contribution in [0.4, 0.5) is 15.8 Å². The zero-order valence-corrected chi connectivity index (χ0v) is 27.9. The van der Waals surface area contributed by atoms with Crippen molar-refractivity contribution >= 4 is 23.3 Å². The van der Waals surface area contributed by atoms with E-state index in [1.807, 2.05) is 75.4 Å². The second-order valence-electron chi connectivity index (χ2n) is 12.1. The van der Waals surface area contributed by atoms with Gasteiger partial charge in [0, 0.05) is 36.7 Å². The minimum absolute atomic E-state index is 0.0694. The van der Waals surface area contributed by atoms with E-state index in [-0.39, 0.29) is 25.7 Å². The minimum atomic E-state index is -0.800. The zero-order valence-electron chi connectivity index (χ0n) is 27.9. The van der Waals surface area contributed by atoms with E-state index in [1.54, 1.807) is 31.2 Å². The van der Waals surface area contributed by atoms with Crippen LogP contribution in [0, 0.1) is 12.7 Å². The molecule has 0 bridgehead atoms. The first-order valence-corrected chi connectivity index (χ1v) is 15.8. The summed E-state index contributed by atoms with van der Waals surface area (Å²) in [7, 11) is 3.32. The number of benzene rings is 4. The van der Waals surface area contributed by atoms with Gasteiger partial charge in [0.15, 0.2) is 0 Å². The molecule has 1 amide bonds. The number of carbonyl (C=O) groups is 2. The van der Waals surface area contributed by atoms with Gasteiger partial charge in [-0.25, -0.2) is 9.18 Å². The lowest BCUT2D eigenvalue weighted by Gasteiger charge is -2.39. The highest BCUT2D eigenvalue weighted by Crippen LogP contribution is 2.45. The topological polar surface area (TPSA) is 95.6 Å². The van der Waals surface area contributed by atoms with Crippen LogP contribution in [0.25, 0.3) is 11.1 Å². The predicted molar refractivity (Wildman–Crippen MR) is 182 cm³/mol. The molecule has 9 nitrogen and oxygen atoms in total. The largest absolute Gasteiger partial charge is 0.496 e. The summed E-state index contributed by atoms with van der Waals surface area (Å²) in [6.45, 7) is 6.33. The molecule has 5 rings (SSSR count). The average Bonchev–Trinajstić information content (AvgIpc) is 3.07. The molecule has 4 aromatic carbocycles. The molecule has 0 spiro atoms. The second-order valence-corrected chi connectivity index (χ2v) is 12.1. The number of hydrogen-bond acceptors (Lipinski definition) is 8. The van der Waals surface area contributed by atoms with Gasteiger partial charge in [-0.15, -0.1) is 0 Å². The molecule has 0 atom stereocenters. The van der Waals surface area contributed by atoms with Crippen LogP contribution in [0.1, 0.15) is 37.0 Å². The Labute approximate surface area is 280 Å². The Bertz CT molecular complexity index is 1760. The summed E-state index contributed by atoms with van der Waals surface area (Å²) >= 11 is 0. The van der Waals surface area contributed by atoms with Crippen molar-refractivity contribution in [2.75, 3.05) is 44.2 Å². The lowest BCUT2D eigenvalue weighted by molar-refractivity contribution is -0.149. The fraction of sp³-hybridized carbons (Fsp3) is 0.316. The molecule has 1 heterocycles. The Kier molecular flexibility index (Phi) is 10.9. The third kappa shape index (κ3) is 8.06. The van der Waals surface area contributed by atoms with Crippen molar-refractivity contribution in [2.45, 2.75) is 45.9 Å². The zero-order chi connectivity index (χ0) is 34.3. The van der Waals surface area contributed by atoms with Crippen molar-refractivity contribution in [1.29, 1.82) is 0 Å². The third-order valence-corrected chi connectivity index (χ3v) is 8.04. The van der Waals surface area contributed by atoms with Gasteiger partial charge >= 0.3 is 5.97 Å². The van der Waals surface area contributed by atoms with Crippen LogP contribution in [0.15, 0.2) is 78.9 Å². The van der Waals surface area contributed by atoms with Crippen LogP contribution >= 0.6 is 0 Å². The summed E-state index contributed by atoms with van der Waals surface area (Å²) in [6.07, 6.45) is 0.490. The van der Waals surface area contributed by atoms with Crippen LogP contribution < -0.4 is 24.4 Å². The molecule has 4 aromatic rings. The molecular formula is C38H41FN2O7. The number of likely N-dealkylation sites (N-methyl/N-ethyl adjacent to an activating group) is 1. The van der Waals surface area contributed by atoms with Crippen LogP contribution in [0.2, 0.25) is 0 Å². The van der Waals surface area contributed by atoms with Gasteiger partial charge < -0.3 is 33.9 Å². The van der Waals surface area contributed by atoms with Gasteiger partial charge in [0.2, 0.25) is 0 Å². The molecule has 48 heavy (non-hydrogen) atoms. The lowest BCUT2D eigenvalue weighted by atomic mass is 9.91. The highest BCUT2D eigenvalue weighted by molar-refractivity contribution is 6.08. The Morgan fingerprint density at radius 3 is 2.44 bits per heavy atom. The number of carbonyl (C=O) groups excluding carboxylic acids is 2. The van der Waals surface area contributed by atoms with Crippen molar-refractivity contribution in [1.82, 2.24) is 0 Å². The van der Waals surface area contributed by atoms with Gasteiger partial charge in [0.05, 0.1) is 38.3 Å². The monoisotopic (exact) mass is 656 g/mol. The maximum absolute atomic E-state index is 14.1. The summed E-state index contributed by atoms with van der Waals surface area (Å²) in [4.78, 5) is 27.0. The molecule has 0 fully saturated rings. The predicted octanol–water partition coefficient (Wildman–Crippen LogP) is 7.08. The van der Waals surface area contributed by atoms with Gasteiger partial charge in [0.25, 0.3) is 5.91 Å². The Morgan fingerprint density at radius 1 is 0.896 bits per heavy atom. The number of esters is 1. The maximum Gasteiger partial charge on any atom is 0.332 e. The van der Waals surface area contributed by atoms with Gasteiger partial charge in [-0.1, -0.05) is 42.5 Å². The summed E-state index contributed by atoms with van der Waals surface area (Å²) in [5.74, 6) is 0.616. The molecule has 252 valence electrons. The highest BCUT2D eigenvalue weighted by atomic mass is 19.1. The van der Waals surface area contributed by atoms with Crippen molar-refractivity contribution in [3.05, 3.63) is 101 Å². The van der Waals surface area contributed by atoms with E-state index in [4.69, 9.17) is 23.7 Å². The number of aryl methyl sites for hydroxylation is 1. The second kappa shape index (κ2) is 15.2. The molecule has 1 aliphatic heterocycles. The number of anilines is 2. The van der Waals surface area contributed by atoms with E-state index in [0.717, 1.165) is 33.5 Å². The lowest BCUT2D eigenvalue weighted by Crippen LogP contribution is -2.52. The van der Waals surface area contributed by atoms with Crippen molar-refractivity contribution < 1.29 is 37.7 Å². The number of amides is 1. The number of nitrogens with one attached hydrogen (secondary N) is 1. The number of nitrogens with zero attached hydrogens (tertiary/aromatic N) is 1. The number of hydrogen-bond donors (Lipinski definition) is 1. The Hall–Kier alpha value is -5.09. The summed E-state index contributed by atoms with van der Waals surface area (Å²) in [6, 6.07) is 23.4. The number of fused-ring (bicyclic) bond motifs is 1. The summed E-state index contributed by atoms with van der Waals surface area (Å²) in [5, 5.41) is 3.35. The van der Waals surface area contributed by atoms with Crippen LogP contribution in [-0.2, 0) is 32.3 Å². The normalized spacial score (nSPS) is 13.4. The molecular weight excluding hydrogens is 615 g/mol. The van der Waals surface area contributed by atoms with Crippen molar-refractivity contribution in [3.63, 3.8) is 0 Å². The molecule has 1 aliphatic rings. The number of rotatable bonds is 14. The summed E-state index contributed by atoms with van der Waals surface area (Å²) in [5.41, 5.74) is 4.71. The molecule has 0 saturated carbocycles. The molecule has 1 N–H and O–H groups in total. The summed E-state index contributed by atoms with van der Waals surface area (Å²) < 4.78 is 42.7. The Balaban J connectivity index is 1.28. The Morgan fingerprint density at radius 2 is 1.67 bits per heavy atom. The van der Waals surface area contributed by atoms with Crippen molar-refractivity contribution in [2.24, 2.45) is 0 Å².